The quantitative estimate of drug-likeness (QED) is 0.505. The van der Waals surface area contributed by atoms with Gasteiger partial charge in [-0.1, -0.05) is 11.3 Å². The van der Waals surface area contributed by atoms with Gasteiger partial charge in [-0.15, -0.1) is 0 Å². The molecule has 0 saturated carbocycles. The number of hydrogen-bond donors (Lipinski definition) is 2. The molecule has 0 saturated heterocycles. The third kappa shape index (κ3) is 3.09. The molecular weight excluding hydrogens is 268 g/mol. The van der Waals surface area contributed by atoms with Crippen LogP contribution in [0.4, 0.5) is 0 Å². The summed E-state index contributed by atoms with van der Waals surface area (Å²) in [5.74, 6) is 0.667. The van der Waals surface area contributed by atoms with Gasteiger partial charge in [-0.05, 0) is 42.8 Å². The highest BCUT2D eigenvalue weighted by Gasteiger charge is 2.02. The van der Waals surface area contributed by atoms with Crippen molar-refractivity contribution in [1.82, 2.24) is 4.98 Å². The number of aromatic nitrogens is 1. The highest BCUT2D eigenvalue weighted by Crippen LogP contribution is 2.19. The summed E-state index contributed by atoms with van der Waals surface area (Å²) in [6, 6.07) is 0. The molecule has 1 aromatic heterocycles. The van der Waals surface area contributed by atoms with Crippen LogP contribution in [-0.2, 0) is 4.74 Å². The van der Waals surface area contributed by atoms with Crippen LogP contribution in [-0.4, -0.2) is 22.9 Å². The Hall–Kier alpha value is -1.84. The van der Waals surface area contributed by atoms with Gasteiger partial charge in [0.2, 0.25) is 5.88 Å². The molecule has 1 aliphatic rings. The van der Waals surface area contributed by atoms with Crippen LogP contribution in [0.25, 0.3) is 0 Å². The SMILES string of the molecule is CCOC1=C=C=C(N=Cc2sc(=S)[nH]c2O)C=C1. The summed E-state index contributed by atoms with van der Waals surface area (Å²) in [5, 5.41) is 9.48. The van der Waals surface area contributed by atoms with E-state index in [0.29, 0.717) is 26.9 Å². The second-order valence-corrected chi connectivity index (χ2v) is 4.97. The molecule has 0 amide bonds. The van der Waals surface area contributed by atoms with Gasteiger partial charge in [-0.25, -0.2) is 4.99 Å². The van der Waals surface area contributed by atoms with Crippen LogP contribution in [0.5, 0.6) is 5.88 Å². The Morgan fingerprint density at radius 2 is 2.39 bits per heavy atom. The fourth-order valence-electron chi connectivity index (χ4n) is 1.23. The average Bonchev–Trinajstić information content (AvgIpc) is 2.67. The lowest BCUT2D eigenvalue weighted by Gasteiger charge is -2.00. The fourth-order valence-corrected chi connectivity index (χ4v) is 2.19. The van der Waals surface area contributed by atoms with Crippen molar-refractivity contribution in [3.8, 4) is 5.88 Å². The smallest absolute Gasteiger partial charge is 0.209 e. The standard InChI is InChI=1S/C12H10N2O2S2/c1-2-16-9-5-3-8(4-6-9)13-7-10-11(15)14-12(17)18-10/h3,5,7,15H,2H2,1H3,(H,14,17). The molecule has 92 valence electrons. The Labute approximate surface area is 113 Å². The van der Waals surface area contributed by atoms with Gasteiger partial charge in [-0.3, -0.25) is 0 Å². The lowest BCUT2D eigenvalue weighted by Crippen LogP contribution is -1.88. The van der Waals surface area contributed by atoms with E-state index in [-0.39, 0.29) is 5.88 Å². The largest absolute Gasteiger partial charge is 0.494 e. The summed E-state index contributed by atoms with van der Waals surface area (Å²) >= 11 is 6.16. The highest BCUT2D eigenvalue weighted by atomic mass is 32.1. The average molecular weight is 278 g/mol. The number of nitrogens with one attached hydrogen (secondary N) is 1. The fraction of sp³-hybridized carbons (Fsp3) is 0.167. The zero-order valence-electron chi connectivity index (χ0n) is 9.56. The third-order valence-corrected chi connectivity index (χ3v) is 3.14. The molecule has 1 heterocycles. The van der Waals surface area contributed by atoms with Crippen molar-refractivity contribution in [1.29, 1.82) is 0 Å². The molecule has 18 heavy (non-hydrogen) atoms. The van der Waals surface area contributed by atoms with E-state index in [4.69, 9.17) is 17.0 Å². The van der Waals surface area contributed by atoms with Crippen molar-refractivity contribution in [2.24, 2.45) is 4.99 Å². The second-order valence-electron chi connectivity index (χ2n) is 3.25. The lowest BCUT2D eigenvalue weighted by atomic mass is 10.3. The molecule has 0 atom stereocenters. The van der Waals surface area contributed by atoms with Gasteiger partial charge in [0.05, 0.1) is 12.8 Å². The van der Waals surface area contributed by atoms with E-state index in [1.807, 2.05) is 6.92 Å². The van der Waals surface area contributed by atoms with Crippen molar-refractivity contribution >= 4 is 29.8 Å². The number of ether oxygens (including phenoxy) is 1. The van der Waals surface area contributed by atoms with Crippen LogP contribution in [0.1, 0.15) is 11.8 Å². The van der Waals surface area contributed by atoms with Crippen LogP contribution in [0.2, 0.25) is 0 Å². The predicted octanol–water partition coefficient (Wildman–Crippen LogP) is 3.06. The number of nitrogens with zero attached hydrogens (tertiary/aromatic N) is 1. The molecule has 0 bridgehead atoms. The molecule has 4 nitrogen and oxygen atoms in total. The summed E-state index contributed by atoms with van der Waals surface area (Å²) in [4.78, 5) is 7.38. The van der Waals surface area contributed by atoms with Gasteiger partial charge in [0, 0.05) is 0 Å². The number of rotatable bonds is 4. The lowest BCUT2D eigenvalue weighted by molar-refractivity contribution is 0.243. The first-order chi connectivity index (χ1) is 8.69. The number of H-pyrrole nitrogens is 1. The van der Waals surface area contributed by atoms with Crippen LogP contribution >= 0.6 is 23.6 Å². The van der Waals surface area contributed by atoms with Crippen molar-refractivity contribution in [3.05, 3.63) is 43.9 Å². The van der Waals surface area contributed by atoms with E-state index in [0.717, 1.165) is 0 Å². The minimum atomic E-state index is 0.0312. The Morgan fingerprint density at radius 3 is 2.94 bits per heavy atom. The molecule has 2 N–H and O–H groups in total. The molecule has 0 radical (unpaired) electrons. The van der Waals surface area contributed by atoms with E-state index in [2.05, 4.69) is 21.4 Å². The molecule has 1 aliphatic carbocycles. The molecule has 0 aliphatic heterocycles. The summed E-state index contributed by atoms with van der Waals surface area (Å²) in [5.41, 5.74) is 6.31. The number of thiazole rings is 1. The van der Waals surface area contributed by atoms with E-state index < -0.39 is 0 Å². The summed E-state index contributed by atoms with van der Waals surface area (Å²) < 4.78 is 5.76. The molecule has 2 rings (SSSR count). The normalized spacial score (nSPS) is 13.8. The zero-order valence-corrected chi connectivity index (χ0v) is 11.2. The van der Waals surface area contributed by atoms with Crippen LogP contribution in [0, 0.1) is 3.95 Å². The number of aromatic amines is 1. The van der Waals surface area contributed by atoms with Crippen LogP contribution in [0.3, 0.4) is 0 Å². The maximum Gasteiger partial charge on any atom is 0.209 e. The zero-order chi connectivity index (χ0) is 13.0. The number of aliphatic imine (C=N–C) groups is 1. The van der Waals surface area contributed by atoms with Crippen LogP contribution < -0.4 is 0 Å². The number of allylic oxidation sites excluding steroid dienone is 2. The molecule has 0 unspecified atom stereocenters. The maximum absolute atomic E-state index is 9.48. The Kier molecular flexibility index (Phi) is 3.97. The van der Waals surface area contributed by atoms with Gasteiger partial charge >= 0.3 is 0 Å². The Balaban J connectivity index is 2.21. The van der Waals surface area contributed by atoms with Crippen molar-refractivity contribution < 1.29 is 9.84 Å². The maximum atomic E-state index is 9.48. The van der Waals surface area contributed by atoms with E-state index in [1.165, 1.54) is 17.6 Å². The molecular formula is C12H10N2O2S2. The first kappa shape index (κ1) is 12.6. The number of hydrogen-bond acceptors (Lipinski definition) is 5. The minimum absolute atomic E-state index is 0.0312. The summed E-state index contributed by atoms with van der Waals surface area (Å²) in [7, 11) is 0. The van der Waals surface area contributed by atoms with Crippen molar-refractivity contribution in [3.63, 3.8) is 0 Å². The summed E-state index contributed by atoms with van der Waals surface area (Å²) in [6.45, 7) is 2.50. The van der Waals surface area contributed by atoms with E-state index in [1.54, 1.807) is 12.2 Å². The monoisotopic (exact) mass is 278 g/mol. The van der Waals surface area contributed by atoms with Gasteiger partial charge in [0.15, 0.2) is 9.71 Å². The minimum Gasteiger partial charge on any atom is -0.494 e. The molecule has 1 aromatic rings. The first-order valence-electron chi connectivity index (χ1n) is 5.22. The van der Waals surface area contributed by atoms with E-state index in [9.17, 15) is 5.11 Å². The Bertz CT molecular complexity index is 666. The Morgan fingerprint density at radius 1 is 1.56 bits per heavy atom. The molecule has 0 aromatic carbocycles. The van der Waals surface area contributed by atoms with Crippen molar-refractivity contribution in [2.45, 2.75) is 6.92 Å². The first-order valence-corrected chi connectivity index (χ1v) is 6.44. The number of aromatic hydroxyl groups is 1. The third-order valence-electron chi connectivity index (χ3n) is 1.98. The molecule has 0 fully saturated rings. The second kappa shape index (κ2) is 5.67. The topological polar surface area (TPSA) is 57.6 Å². The van der Waals surface area contributed by atoms with Gasteiger partial charge in [-0.2, -0.15) is 0 Å². The predicted molar refractivity (Wildman–Crippen MR) is 73.6 cm³/mol. The van der Waals surface area contributed by atoms with Gasteiger partial charge < -0.3 is 14.8 Å². The van der Waals surface area contributed by atoms with Gasteiger partial charge in [0.25, 0.3) is 0 Å². The van der Waals surface area contributed by atoms with Crippen molar-refractivity contribution in [2.75, 3.05) is 6.61 Å². The molecule has 0 spiro atoms. The molecule has 6 heteroatoms. The van der Waals surface area contributed by atoms with Gasteiger partial charge in [0.1, 0.15) is 10.6 Å². The van der Waals surface area contributed by atoms with Crippen LogP contribution in [0.15, 0.2) is 40.1 Å². The summed E-state index contributed by atoms with van der Waals surface area (Å²) in [6.07, 6.45) is 5.07. The highest BCUT2D eigenvalue weighted by molar-refractivity contribution is 7.73. The van der Waals surface area contributed by atoms with E-state index >= 15 is 0 Å².